The van der Waals surface area contributed by atoms with Gasteiger partial charge in [0.25, 0.3) is 0 Å². The Morgan fingerprint density at radius 2 is 2.18 bits per heavy atom. The van der Waals surface area contributed by atoms with Crippen molar-refractivity contribution in [1.29, 1.82) is 0 Å². The van der Waals surface area contributed by atoms with Gasteiger partial charge < -0.3 is 9.30 Å². The van der Waals surface area contributed by atoms with Crippen molar-refractivity contribution in [2.24, 2.45) is 0 Å². The lowest BCUT2D eigenvalue weighted by molar-refractivity contribution is 0.173. The van der Waals surface area contributed by atoms with Crippen LogP contribution in [0.2, 0.25) is 0 Å². The zero-order valence-corrected chi connectivity index (χ0v) is 11.6. The molecule has 2 aromatic rings. The zero-order valence-electron chi connectivity index (χ0n) is 10.00. The molecule has 0 bridgehead atoms. The molecule has 0 radical (unpaired) electrons. The molecule has 5 heteroatoms. The Kier molecular flexibility index (Phi) is 3.49. The lowest BCUT2D eigenvalue weighted by Gasteiger charge is -2.12. The number of hydrogen-bond donors (Lipinski definition) is 0. The van der Waals surface area contributed by atoms with E-state index in [1.54, 1.807) is 7.11 Å². The van der Waals surface area contributed by atoms with E-state index in [4.69, 9.17) is 4.74 Å². The summed E-state index contributed by atoms with van der Waals surface area (Å²) in [6.45, 7) is 4.46. The van der Waals surface area contributed by atoms with Crippen molar-refractivity contribution in [1.82, 2.24) is 9.55 Å². The van der Waals surface area contributed by atoms with Crippen LogP contribution in [0, 0.1) is 5.82 Å². The van der Waals surface area contributed by atoms with Gasteiger partial charge in [-0.3, -0.25) is 0 Å². The maximum Gasteiger partial charge on any atom is 0.152 e. The van der Waals surface area contributed by atoms with Gasteiger partial charge in [-0.05, 0) is 26.0 Å². The molecular formula is C12H14BrFN2O. The van der Waals surface area contributed by atoms with Crippen molar-refractivity contribution in [3.8, 4) is 0 Å². The first-order chi connectivity index (χ1) is 8.04. The van der Waals surface area contributed by atoms with Crippen molar-refractivity contribution >= 4 is 27.0 Å². The van der Waals surface area contributed by atoms with E-state index in [-0.39, 0.29) is 11.9 Å². The molecule has 0 saturated heterocycles. The van der Waals surface area contributed by atoms with E-state index in [2.05, 4.69) is 20.9 Å². The van der Waals surface area contributed by atoms with E-state index >= 15 is 0 Å². The molecule has 0 aliphatic carbocycles. The largest absolute Gasteiger partial charge is 0.377 e. The fourth-order valence-electron chi connectivity index (χ4n) is 1.98. The molecule has 0 spiro atoms. The summed E-state index contributed by atoms with van der Waals surface area (Å²) in [5.74, 6) is 0.431. The molecule has 0 aliphatic heterocycles. The van der Waals surface area contributed by atoms with Crippen molar-refractivity contribution in [2.75, 3.05) is 7.11 Å². The van der Waals surface area contributed by atoms with Crippen molar-refractivity contribution in [3.63, 3.8) is 0 Å². The Balaban J connectivity index is 2.75. The van der Waals surface area contributed by atoms with E-state index in [1.165, 1.54) is 6.07 Å². The molecule has 0 aliphatic rings. The first-order valence-corrected chi connectivity index (χ1v) is 6.18. The molecule has 17 heavy (non-hydrogen) atoms. The molecule has 0 N–H and O–H groups in total. The summed E-state index contributed by atoms with van der Waals surface area (Å²) in [4.78, 5) is 4.31. The van der Waals surface area contributed by atoms with Gasteiger partial charge in [0, 0.05) is 17.6 Å². The summed E-state index contributed by atoms with van der Waals surface area (Å²) < 4.78 is 21.6. The minimum atomic E-state index is -0.314. The van der Waals surface area contributed by atoms with Crippen LogP contribution in [-0.4, -0.2) is 16.7 Å². The zero-order chi connectivity index (χ0) is 12.6. The molecule has 0 fully saturated rings. The number of hydrogen-bond acceptors (Lipinski definition) is 2. The second kappa shape index (κ2) is 4.74. The number of halogens is 2. The van der Waals surface area contributed by atoms with Gasteiger partial charge in [0.1, 0.15) is 17.9 Å². The lowest BCUT2D eigenvalue weighted by Crippen LogP contribution is -2.07. The lowest BCUT2D eigenvalue weighted by atomic mass is 10.3. The third-order valence-electron chi connectivity index (χ3n) is 2.58. The maximum absolute atomic E-state index is 13.8. The van der Waals surface area contributed by atoms with Crippen LogP contribution >= 0.6 is 15.9 Å². The van der Waals surface area contributed by atoms with Gasteiger partial charge in [0.05, 0.1) is 5.52 Å². The maximum atomic E-state index is 13.8. The van der Waals surface area contributed by atoms with Crippen LogP contribution in [0.3, 0.4) is 0 Å². The van der Waals surface area contributed by atoms with Crippen LogP contribution in [0.4, 0.5) is 4.39 Å². The predicted molar refractivity (Wildman–Crippen MR) is 68.5 cm³/mol. The minimum absolute atomic E-state index is 0.207. The van der Waals surface area contributed by atoms with Gasteiger partial charge >= 0.3 is 0 Å². The van der Waals surface area contributed by atoms with Crippen LogP contribution in [0.15, 0.2) is 16.6 Å². The Hall–Kier alpha value is -0.940. The number of aromatic nitrogens is 2. The molecule has 1 heterocycles. The first-order valence-electron chi connectivity index (χ1n) is 5.39. The van der Waals surface area contributed by atoms with Crippen molar-refractivity contribution in [2.45, 2.75) is 26.5 Å². The highest BCUT2D eigenvalue weighted by Crippen LogP contribution is 2.27. The van der Waals surface area contributed by atoms with E-state index < -0.39 is 0 Å². The molecule has 0 unspecified atom stereocenters. The Bertz CT molecular complexity index is 551. The fourth-order valence-corrected chi connectivity index (χ4v) is 2.39. The van der Waals surface area contributed by atoms with Gasteiger partial charge in [-0.15, -0.1) is 0 Å². The van der Waals surface area contributed by atoms with Gasteiger partial charge in [-0.25, -0.2) is 9.37 Å². The highest BCUT2D eigenvalue weighted by Gasteiger charge is 2.16. The third-order valence-corrected chi connectivity index (χ3v) is 3.03. The van der Waals surface area contributed by atoms with E-state index in [0.29, 0.717) is 16.6 Å². The molecule has 0 saturated carbocycles. The summed E-state index contributed by atoms with van der Waals surface area (Å²) in [5, 5.41) is 0. The van der Waals surface area contributed by atoms with Crippen LogP contribution in [0.25, 0.3) is 11.0 Å². The third kappa shape index (κ3) is 2.21. The molecule has 3 nitrogen and oxygen atoms in total. The molecule has 1 aromatic heterocycles. The fraction of sp³-hybridized carbons (Fsp3) is 0.417. The van der Waals surface area contributed by atoms with Gasteiger partial charge in [0.2, 0.25) is 0 Å². The molecule has 2 rings (SSSR count). The van der Waals surface area contributed by atoms with E-state index in [1.807, 2.05) is 24.5 Å². The number of ether oxygens (including phenoxy) is 1. The second-order valence-electron chi connectivity index (χ2n) is 4.18. The number of benzene rings is 1. The molecule has 1 aromatic carbocycles. The predicted octanol–water partition coefficient (Wildman–Crippen LogP) is 3.67. The smallest absolute Gasteiger partial charge is 0.152 e. The molecule has 0 atom stereocenters. The number of rotatable bonds is 3. The summed E-state index contributed by atoms with van der Waals surface area (Å²) in [6, 6.07) is 3.51. The molecular weight excluding hydrogens is 287 g/mol. The van der Waals surface area contributed by atoms with E-state index in [0.717, 1.165) is 11.3 Å². The van der Waals surface area contributed by atoms with Gasteiger partial charge in [-0.1, -0.05) is 15.9 Å². The number of methoxy groups -OCH3 is 1. The summed E-state index contributed by atoms with van der Waals surface area (Å²) in [7, 11) is 1.61. The number of nitrogens with zero attached hydrogens (tertiary/aromatic N) is 2. The minimum Gasteiger partial charge on any atom is -0.377 e. The summed E-state index contributed by atoms with van der Waals surface area (Å²) in [5.41, 5.74) is 1.19. The Labute approximate surface area is 108 Å². The SMILES string of the molecule is COCc1nc2c(F)cc(Br)cc2n1C(C)C. The van der Waals surface area contributed by atoms with Crippen molar-refractivity contribution < 1.29 is 9.13 Å². The van der Waals surface area contributed by atoms with Crippen molar-refractivity contribution in [3.05, 3.63) is 28.2 Å². The average Bonchev–Trinajstić information content (AvgIpc) is 2.57. The topological polar surface area (TPSA) is 27.1 Å². The van der Waals surface area contributed by atoms with E-state index in [9.17, 15) is 4.39 Å². The average molecular weight is 301 g/mol. The highest BCUT2D eigenvalue weighted by molar-refractivity contribution is 9.10. The van der Waals surface area contributed by atoms with Gasteiger partial charge in [-0.2, -0.15) is 0 Å². The van der Waals surface area contributed by atoms with Gasteiger partial charge in [0.15, 0.2) is 5.82 Å². The van der Waals surface area contributed by atoms with Crippen LogP contribution in [0.5, 0.6) is 0 Å². The summed E-state index contributed by atoms with van der Waals surface area (Å²) in [6.07, 6.45) is 0. The van der Waals surface area contributed by atoms with Crippen LogP contribution < -0.4 is 0 Å². The number of imidazole rings is 1. The molecule has 0 amide bonds. The Morgan fingerprint density at radius 3 is 2.76 bits per heavy atom. The second-order valence-corrected chi connectivity index (χ2v) is 5.10. The highest BCUT2D eigenvalue weighted by atomic mass is 79.9. The standard InChI is InChI=1S/C12H14BrFN2O/c1-7(2)16-10-5-8(13)4-9(14)12(10)15-11(16)6-17-3/h4-5,7H,6H2,1-3H3. The quantitative estimate of drug-likeness (QED) is 0.865. The number of fused-ring (bicyclic) bond motifs is 1. The summed E-state index contributed by atoms with van der Waals surface area (Å²) >= 11 is 3.30. The Morgan fingerprint density at radius 1 is 1.47 bits per heavy atom. The first kappa shape index (κ1) is 12.5. The normalized spacial score (nSPS) is 11.6. The van der Waals surface area contributed by atoms with Crippen LogP contribution in [0.1, 0.15) is 25.7 Å². The monoisotopic (exact) mass is 300 g/mol. The van der Waals surface area contributed by atoms with Crippen LogP contribution in [-0.2, 0) is 11.3 Å². The molecule has 92 valence electrons.